The lowest BCUT2D eigenvalue weighted by molar-refractivity contribution is 0.0697. The highest BCUT2D eigenvalue weighted by atomic mass is 16.4. The molecule has 0 spiro atoms. The van der Waals surface area contributed by atoms with E-state index in [0.29, 0.717) is 11.1 Å². The third-order valence-electron chi connectivity index (χ3n) is 2.87. The molecule has 1 aromatic heterocycles. The van der Waals surface area contributed by atoms with Gasteiger partial charge in [0.05, 0.1) is 5.56 Å². The van der Waals surface area contributed by atoms with Gasteiger partial charge in [-0.2, -0.15) is 0 Å². The number of carbonyl (C=O) groups is 2. The Morgan fingerprint density at radius 2 is 1.82 bits per heavy atom. The molecule has 2 aromatic rings. The van der Waals surface area contributed by atoms with Crippen molar-refractivity contribution in [1.29, 1.82) is 0 Å². The van der Waals surface area contributed by atoms with E-state index in [2.05, 4.69) is 4.98 Å². The van der Waals surface area contributed by atoms with Crippen LogP contribution < -0.4 is 0 Å². The fraction of sp³-hybridized carbons (Fsp3) is 0. The predicted molar refractivity (Wildman–Crippen MR) is 60.1 cm³/mol. The summed E-state index contributed by atoms with van der Waals surface area (Å²) in [5.74, 6) is -1.19. The third kappa shape index (κ3) is 1.27. The van der Waals surface area contributed by atoms with Crippen molar-refractivity contribution in [3.63, 3.8) is 0 Å². The monoisotopic (exact) mass is 225 g/mol. The number of hydrogen-bond acceptors (Lipinski definition) is 3. The number of pyridine rings is 1. The molecule has 0 fully saturated rings. The number of benzene rings is 1. The largest absolute Gasteiger partial charge is 0.478 e. The molecular formula is C13H7NO3. The van der Waals surface area contributed by atoms with Gasteiger partial charge in [-0.05, 0) is 29.3 Å². The summed E-state index contributed by atoms with van der Waals surface area (Å²) in [6, 6.07) is 6.35. The highest BCUT2D eigenvalue weighted by Gasteiger charge is 2.27. The van der Waals surface area contributed by atoms with Crippen molar-refractivity contribution in [1.82, 2.24) is 4.98 Å². The molecule has 0 atom stereocenters. The summed E-state index contributed by atoms with van der Waals surface area (Å²) < 4.78 is 0. The number of carbonyl (C=O) groups excluding carboxylic acids is 1. The van der Waals surface area contributed by atoms with Gasteiger partial charge >= 0.3 is 5.97 Å². The normalized spacial score (nSPS) is 12.1. The lowest BCUT2D eigenvalue weighted by Crippen LogP contribution is -2.00. The first-order valence-corrected chi connectivity index (χ1v) is 5.05. The predicted octanol–water partition coefficient (Wildman–Crippen LogP) is 1.99. The SMILES string of the molecule is O=C(O)c1ccc2c(c1)C(=O)c1cnccc1-2. The molecule has 82 valence electrons. The Labute approximate surface area is 96.5 Å². The van der Waals surface area contributed by atoms with Crippen LogP contribution in [-0.2, 0) is 0 Å². The first-order valence-electron chi connectivity index (χ1n) is 5.05. The van der Waals surface area contributed by atoms with Crippen LogP contribution in [0.2, 0.25) is 0 Å². The van der Waals surface area contributed by atoms with Crippen molar-refractivity contribution in [2.75, 3.05) is 0 Å². The maximum Gasteiger partial charge on any atom is 0.335 e. The van der Waals surface area contributed by atoms with E-state index < -0.39 is 5.97 Å². The maximum atomic E-state index is 12.0. The van der Waals surface area contributed by atoms with Crippen molar-refractivity contribution < 1.29 is 14.7 Å². The van der Waals surface area contributed by atoms with Crippen molar-refractivity contribution in [3.05, 3.63) is 53.3 Å². The Morgan fingerprint density at radius 3 is 2.59 bits per heavy atom. The van der Waals surface area contributed by atoms with Crippen LogP contribution in [0.1, 0.15) is 26.3 Å². The zero-order valence-corrected chi connectivity index (χ0v) is 8.68. The van der Waals surface area contributed by atoms with Crippen molar-refractivity contribution in [2.45, 2.75) is 0 Å². The van der Waals surface area contributed by atoms with E-state index in [0.717, 1.165) is 11.1 Å². The van der Waals surface area contributed by atoms with Crippen molar-refractivity contribution in [3.8, 4) is 11.1 Å². The van der Waals surface area contributed by atoms with Crippen LogP contribution in [0, 0.1) is 0 Å². The van der Waals surface area contributed by atoms with E-state index in [-0.39, 0.29) is 11.3 Å². The van der Waals surface area contributed by atoms with E-state index in [4.69, 9.17) is 5.11 Å². The Balaban J connectivity index is 2.28. The second-order valence-corrected chi connectivity index (χ2v) is 3.82. The first-order chi connectivity index (χ1) is 8.18. The summed E-state index contributed by atoms with van der Waals surface area (Å²) >= 11 is 0. The van der Waals surface area contributed by atoms with Crippen LogP contribution in [0.3, 0.4) is 0 Å². The molecule has 0 saturated heterocycles. The van der Waals surface area contributed by atoms with Gasteiger partial charge in [-0.1, -0.05) is 6.07 Å². The molecule has 1 aliphatic rings. The molecular weight excluding hydrogens is 218 g/mol. The number of aromatic carboxylic acids is 1. The molecule has 3 rings (SSSR count). The molecule has 0 saturated carbocycles. The third-order valence-corrected chi connectivity index (χ3v) is 2.87. The van der Waals surface area contributed by atoms with Gasteiger partial charge < -0.3 is 5.11 Å². The zero-order chi connectivity index (χ0) is 12.0. The topological polar surface area (TPSA) is 67.3 Å². The Kier molecular flexibility index (Phi) is 1.86. The van der Waals surface area contributed by atoms with Crippen LogP contribution in [0.4, 0.5) is 0 Å². The molecule has 4 nitrogen and oxygen atoms in total. The second-order valence-electron chi connectivity index (χ2n) is 3.82. The summed E-state index contributed by atoms with van der Waals surface area (Å²) in [5, 5.41) is 8.90. The molecule has 1 N–H and O–H groups in total. The van der Waals surface area contributed by atoms with Gasteiger partial charge in [0, 0.05) is 23.5 Å². The summed E-state index contributed by atoms with van der Waals surface area (Å²) in [5.41, 5.74) is 2.69. The summed E-state index contributed by atoms with van der Waals surface area (Å²) in [4.78, 5) is 26.8. The summed E-state index contributed by atoms with van der Waals surface area (Å²) in [7, 11) is 0. The smallest absolute Gasteiger partial charge is 0.335 e. The van der Waals surface area contributed by atoms with Crippen LogP contribution in [0.15, 0.2) is 36.7 Å². The maximum absolute atomic E-state index is 12.0. The van der Waals surface area contributed by atoms with Crippen molar-refractivity contribution in [2.24, 2.45) is 0 Å². The van der Waals surface area contributed by atoms with Gasteiger partial charge in [0.2, 0.25) is 0 Å². The lowest BCUT2D eigenvalue weighted by Gasteiger charge is -2.00. The number of ketones is 1. The van der Waals surface area contributed by atoms with E-state index in [1.807, 2.05) is 0 Å². The quantitative estimate of drug-likeness (QED) is 0.687. The highest BCUT2D eigenvalue weighted by Crippen LogP contribution is 2.36. The molecule has 17 heavy (non-hydrogen) atoms. The fourth-order valence-corrected chi connectivity index (χ4v) is 2.06. The van der Waals surface area contributed by atoms with E-state index >= 15 is 0 Å². The molecule has 0 radical (unpaired) electrons. The van der Waals surface area contributed by atoms with E-state index in [1.54, 1.807) is 18.3 Å². The number of fused-ring (bicyclic) bond motifs is 3. The molecule has 4 heteroatoms. The minimum atomic E-state index is -1.03. The number of aromatic nitrogens is 1. The highest BCUT2D eigenvalue weighted by molar-refractivity contribution is 6.22. The standard InChI is InChI=1S/C13H7NO3/c15-12-10-5-7(13(16)17)1-2-8(10)9-3-4-14-6-11(9)12/h1-6H,(H,16,17). The Morgan fingerprint density at radius 1 is 1.06 bits per heavy atom. The minimum Gasteiger partial charge on any atom is -0.478 e. The van der Waals surface area contributed by atoms with Gasteiger partial charge in [0.1, 0.15) is 0 Å². The Hall–Kier alpha value is -2.49. The number of carboxylic acids is 1. The fourth-order valence-electron chi connectivity index (χ4n) is 2.06. The summed E-state index contributed by atoms with van der Waals surface area (Å²) in [6.45, 7) is 0. The number of nitrogens with zero attached hydrogens (tertiary/aromatic N) is 1. The lowest BCUT2D eigenvalue weighted by atomic mass is 10.0. The van der Waals surface area contributed by atoms with Crippen molar-refractivity contribution >= 4 is 11.8 Å². The minimum absolute atomic E-state index is 0.123. The average Bonchev–Trinajstić information content (AvgIpc) is 2.64. The number of rotatable bonds is 1. The van der Waals surface area contributed by atoms with Crippen LogP contribution in [0.5, 0.6) is 0 Å². The molecule has 0 aliphatic heterocycles. The van der Waals surface area contributed by atoms with E-state index in [1.165, 1.54) is 18.3 Å². The average molecular weight is 225 g/mol. The molecule has 1 aliphatic carbocycles. The molecule has 0 bridgehead atoms. The van der Waals surface area contributed by atoms with E-state index in [9.17, 15) is 9.59 Å². The second kappa shape index (κ2) is 3.25. The van der Waals surface area contributed by atoms with Gasteiger partial charge in [-0.25, -0.2) is 4.79 Å². The van der Waals surface area contributed by atoms with Crippen LogP contribution in [0.25, 0.3) is 11.1 Å². The zero-order valence-electron chi connectivity index (χ0n) is 8.68. The van der Waals surface area contributed by atoms with Gasteiger partial charge in [0.15, 0.2) is 5.78 Å². The number of carboxylic acid groups (broad SMARTS) is 1. The Bertz CT molecular complexity index is 661. The van der Waals surface area contributed by atoms with Gasteiger partial charge in [-0.3, -0.25) is 9.78 Å². The first kappa shape index (κ1) is 9.72. The van der Waals surface area contributed by atoms with Gasteiger partial charge in [-0.15, -0.1) is 0 Å². The number of hydrogen-bond donors (Lipinski definition) is 1. The van der Waals surface area contributed by atoms with Crippen LogP contribution >= 0.6 is 0 Å². The summed E-state index contributed by atoms with van der Waals surface area (Å²) in [6.07, 6.45) is 3.13. The van der Waals surface area contributed by atoms with Gasteiger partial charge in [0.25, 0.3) is 0 Å². The van der Waals surface area contributed by atoms with Crippen LogP contribution in [-0.4, -0.2) is 21.8 Å². The molecule has 0 amide bonds. The molecule has 0 unspecified atom stereocenters. The molecule has 1 aromatic carbocycles. The molecule has 1 heterocycles.